The molecule has 1 aliphatic heterocycles. The van der Waals surface area contributed by atoms with Crippen molar-refractivity contribution in [2.24, 2.45) is 0 Å². The van der Waals surface area contributed by atoms with Crippen LogP contribution >= 0.6 is 0 Å². The Morgan fingerprint density at radius 2 is 1.83 bits per heavy atom. The highest BCUT2D eigenvalue weighted by Crippen LogP contribution is 2.34. The highest BCUT2D eigenvalue weighted by molar-refractivity contribution is 5.86. The van der Waals surface area contributed by atoms with Crippen molar-refractivity contribution in [2.45, 2.75) is 64.3 Å². The molecule has 35 heavy (non-hydrogen) atoms. The van der Waals surface area contributed by atoms with Gasteiger partial charge in [-0.15, -0.1) is 0 Å². The minimum Gasteiger partial charge on any atom is -0.499 e. The summed E-state index contributed by atoms with van der Waals surface area (Å²) in [7, 11) is 0. The lowest BCUT2D eigenvalue weighted by Gasteiger charge is -2.39. The minimum absolute atomic E-state index is 0.0380. The average molecular weight is 493 g/mol. The molecule has 0 bridgehead atoms. The third-order valence-corrected chi connectivity index (χ3v) is 5.66. The summed E-state index contributed by atoms with van der Waals surface area (Å²) in [5.41, 5.74) is 1.40. The van der Waals surface area contributed by atoms with E-state index in [0.29, 0.717) is 5.39 Å². The molecule has 10 nitrogen and oxygen atoms in total. The zero-order valence-corrected chi connectivity index (χ0v) is 19.9. The monoisotopic (exact) mass is 492 g/mol. The van der Waals surface area contributed by atoms with Crippen molar-refractivity contribution in [3.8, 4) is 17.2 Å². The first-order valence-electron chi connectivity index (χ1n) is 11.3. The summed E-state index contributed by atoms with van der Waals surface area (Å²) in [4.78, 5) is 12.2. The molecule has 10 heteroatoms. The Hall–Kier alpha value is -2.89. The number of benzene rings is 1. The van der Waals surface area contributed by atoms with Crippen LogP contribution in [0.15, 0.2) is 50.7 Å². The van der Waals surface area contributed by atoms with Gasteiger partial charge in [0.25, 0.3) is 0 Å². The molecule has 1 aromatic carbocycles. The molecule has 1 aliphatic rings. The van der Waals surface area contributed by atoms with Crippen molar-refractivity contribution < 1.29 is 44.2 Å². The Morgan fingerprint density at radius 1 is 1.09 bits per heavy atom. The lowest BCUT2D eigenvalue weighted by molar-refractivity contribution is -0.277. The van der Waals surface area contributed by atoms with Gasteiger partial charge in [0.2, 0.25) is 12.0 Å². The fourth-order valence-electron chi connectivity index (χ4n) is 3.62. The molecule has 0 saturated carbocycles. The first kappa shape index (κ1) is 26.7. The number of aromatic hydroxyl groups is 1. The molecule has 2 heterocycles. The molecule has 3 rings (SSSR count). The van der Waals surface area contributed by atoms with Crippen LogP contribution in [0.2, 0.25) is 0 Å². The zero-order valence-electron chi connectivity index (χ0n) is 19.9. The highest BCUT2D eigenvalue weighted by atomic mass is 16.7. The second-order valence-corrected chi connectivity index (χ2v) is 8.72. The summed E-state index contributed by atoms with van der Waals surface area (Å²) in [6.07, 6.45) is -1.46. The average Bonchev–Trinajstić information content (AvgIpc) is 2.81. The van der Waals surface area contributed by atoms with E-state index >= 15 is 0 Å². The van der Waals surface area contributed by atoms with E-state index in [-0.39, 0.29) is 23.7 Å². The molecule has 0 aliphatic carbocycles. The van der Waals surface area contributed by atoms with E-state index in [4.69, 9.17) is 18.6 Å². The van der Waals surface area contributed by atoms with Gasteiger partial charge in [-0.25, -0.2) is 4.79 Å². The first-order valence-corrected chi connectivity index (χ1v) is 11.3. The molecule has 5 N–H and O–H groups in total. The SMILES string of the molecule is CC(C)=CCCC(C)=CCOc1c(O)c(=O)oc2cc(O[C@H]3O[C@H](CO)[C@@H](O)[C@H](O)[C@@H]3O)ccc12. The van der Waals surface area contributed by atoms with Gasteiger partial charge in [-0.1, -0.05) is 17.2 Å². The summed E-state index contributed by atoms with van der Waals surface area (Å²) >= 11 is 0. The topological polar surface area (TPSA) is 159 Å². The van der Waals surface area contributed by atoms with Crippen molar-refractivity contribution in [3.05, 3.63) is 51.9 Å². The molecule has 192 valence electrons. The first-order chi connectivity index (χ1) is 16.6. The Kier molecular flexibility index (Phi) is 8.92. The Labute approximate surface area is 202 Å². The fourth-order valence-corrected chi connectivity index (χ4v) is 3.62. The zero-order chi connectivity index (χ0) is 25.7. The van der Waals surface area contributed by atoms with E-state index in [1.807, 2.05) is 26.8 Å². The second kappa shape index (κ2) is 11.7. The molecule has 0 spiro atoms. The molecule has 5 atom stereocenters. The summed E-state index contributed by atoms with van der Waals surface area (Å²) in [6, 6.07) is 4.31. The van der Waals surface area contributed by atoms with Gasteiger partial charge in [0.1, 0.15) is 42.4 Å². The van der Waals surface area contributed by atoms with Crippen molar-refractivity contribution in [2.75, 3.05) is 13.2 Å². The van der Waals surface area contributed by atoms with E-state index in [9.17, 15) is 30.3 Å². The molecule has 0 radical (unpaired) electrons. The highest BCUT2D eigenvalue weighted by Gasteiger charge is 2.44. The summed E-state index contributed by atoms with van der Waals surface area (Å²) < 4.78 is 21.7. The van der Waals surface area contributed by atoms with E-state index in [1.54, 1.807) is 0 Å². The summed E-state index contributed by atoms with van der Waals surface area (Å²) in [5, 5.41) is 49.9. The Morgan fingerprint density at radius 3 is 2.51 bits per heavy atom. The van der Waals surface area contributed by atoms with E-state index in [1.165, 1.54) is 23.8 Å². The van der Waals surface area contributed by atoms with Gasteiger partial charge < -0.3 is 44.2 Å². The summed E-state index contributed by atoms with van der Waals surface area (Å²) in [6.45, 7) is 5.59. The van der Waals surface area contributed by atoms with Crippen molar-refractivity contribution in [1.82, 2.24) is 0 Å². The molecule has 2 aromatic rings. The lowest BCUT2D eigenvalue weighted by Crippen LogP contribution is -2.60. The molecule has 1 aromatic heterocycles. The van der Waals surface area contributed by atoms with Crippen molar-refractivity contribution in [3.63, 3.8) is 0 Å². The number of hydrogen-bond acceptors (Lipinski definition) is 10. The maximum atomic E-state index is 12.2. The predicted octanol–water partition coefficient (Wildman–Crippen LogP) is 1.75. The van der Waals surface area contributed by atoms with Crippen LogP contribution in [0.3, 0.4) is 0 Å². The smallest absolute Gasteiger partial charge is 0.382 e. The van der Waals surface area contributed by atoms with Crippen molar-refractivity contribution >= 4 is 11.0 Å². The maximum absolute atomic E-state index is 12.2. The quantitative estimate of drug-likeness (QED) is 0.258. The number of rotatable bonds is 9. The van der Waals surface area contributed by atoms with Crippen LogP contribution in [-0.2, 0) is 4.74 Å². The van der Waals surface area contributed by atoms with Gasteiger partial charge in [-0.3, -0.25) is 0 Å². The molecular weight excluding hydrogens is 460 g/mol. The van der Waals surface area contributed by atoms with Crippen LogP contribution in [-0.4, -0.2) is 69.5 Å². The second-order valence-electron chi connectivity index (χ2n) is 8.72. The number of ether oxygens (including phenoxy) is 3. The van der Waals surface area contributed by atoms with Crippen LogP contribution in [0, 0.1) is 0 Å². The predicted molar refractivity (Wildman–Crippen MR) is 126 cm³/mol. The van der Waals surface area contributed by atoms with Gasteiger partial charge in [-0.05, 0) is 51.8 Å². The van der Waals surface area contributed by atoms with Crippen molar-refractivity contribution in [1.29, 1.82) is 0 Å². The number of aliphatic hydroxyl groups excluding tert-OH is 4. The van der Waals surface area contributed by atoms with Crippen LogP contribution in [0.25, 0.3) is 11.0 Å². The number of aliphatic hydroxyl groups is 4. The number of allylic oxidation sites excluding steroid dienone is 3. The third-order valence-electron chi connectivity index (χ3n) is 5.66. The molecule has 1 fully saturated rings. The van der Waals surface area contributed by atoms with Gasteiger partial charge >= 0.3 is 5.63 Å². The number of fused-ring (bicyclic) bond motifs is 1. The van der Waals surface area contributed by atoms with E-state index < -0.39 is 48.7 Å². The van der Waals surface area contributed by atoms with Gasteiger partial charge in [-0.2, -0.15) is 0 Å². The van der Waals surface area contributed by atoms with Crippen LogP contribution in [0.1, 0.15) is 33.6 Å². The molecule has 0 unspecified atom stereocenters. The third kappa shape index (κ3) is 6.41. The largest absolute Gasteiger partial charge is 0.499 e. The lowest BCUT2D eigenvalue weighted by atomic mass is 9.99. The summed E-state index contributed by atoms with van der Waals surface area (Å²) in [5.74, 6) is -0.587. The van der Waals surface area contributed by atoms with Crippen LogP contribution in [0.5, 0.6) is 17.2 Å². The Balaban J connectivity index is 1.78. The van der Waals surface area contributed by atoms with E-state index in [0.717, 1.165) is 18.4 Å². The van der Waals surface area contributed by atoms with Gasteiger partial charge in [0.05, 0.1) is 12.0 Å². The normalized spacial score (nSPS) is 24.9. The fraction of sp³-hybridized carbons (Fsp3) is 0.480. The molecular formula is C25H32O10. The van der Waals surface area contributed by atoms with E-state index in [2.05, 4.69) is 6.08 Å². The minimum atomic E-state index is -1.60. The van der Waals surface area contributed by atoms with Crippen LogP contribution in [0.4, 0.5) is 0 Å². The van der Waals surface area contributed by atoms with Gasteiger partial charge in [0.15, 0.2) is 5.75 Å². The standard InChI is InChI=1S/C25H32O10/c1-13(2)5-4-6-14(3)9-10-32-23-16-8-7-15(11-17(16)34-24(31)22(23)30)33-25-21(29)20(28)19(27)18(12-26)35-25/h5,7-9,11,18-21,25-30H,4,6,10,12H2,1-3H3/t18-,19-,20+,21+,25+/m1/s1. The van der Waals surface area contributed by atoms with Crippen LogP contribution < -0.4 is 15.1 Å². The Bertz CT molecular complexity index is 1130. The maximum Gasteiger partial charge on any atom is 0.382 e. The molecule has 1 saturated heterocycles. The molecule has 0 amide bonds. The van der Waals surface area contributed by atoms with Gasteiger partial charge in [0, 0.05) is 6.07 Å². The number of hydrogen-bond donors (Lipinski definition) is 5.